The third-order valence-corrected chi connectivity index (χ3v) is 1.75. The number of hydrogen-bond donors (Lipinski definition) is 2. The van der Waals surface area contributed by atoms with Gasteiger partial charge >= 0.3 is 10.3 Å². The average molecular weight is 213 g/mol. The first kappa shape index (κ1) is 18.2. The van der Waals surface area contributed by atoms with Crippen molar-refractivity contribution in [3.63, 3.8) is 0 Å². The molecule has 82 valence electrons. The van der Waals surface area contributed by atoms with Crippen molar-refractivity contribution in [1.29, 1.82) is 0 Å². The minimum absolute atomic E-state index is 0. The molecule has 1 unspecified atom stereocenters. The van der Waals surface area contributed by atoms with Gasteiger partial charge in [-0.25, -0.2) is 4.72 Å². The molecule has 0 radical (unpaired) electrons. The molecule has 0 rings (SSSR count). The Labute approximate surface area is 80.4 Å². The average Bonchev–Trinajstić information content (AvgIpc) is 1.82. The van der Waals surface area contributed by atoms with E-state index in [1.807, 2.05) is 0 Å². The molecule has 1 amide bonds. The van der Waals surface area contributed by atoms with Crippen LogP contribution in [0, 0.1) is 5.92 Å². The molecule has 0 aromatic heterocycles. The maximum absolute atomic E-state index is 10.7. The predicted octanol–water partition coefficient (Wildman–Crippen LogP) is 1.22. The third-order valence-electron chi connectivity index (χ3n) is 1.29. The molecule has 13 heavy (non-hydrogen) atoms. The molecule has 0 aliphatic carbocycles. The van der Waals surface area contributed by atoms with E-state index in [1.54, 1.807) is 13.8 Å². The zero-order valence-corrected chi connectivity index (χ0v) is 7.18. The molecule has 2 N–H and O–H groups in total. The molecule has 0 aliphatic rings. The lowest BCUT2D eigenvalue weighted by Crippen LogP contribution is -2.33. The maximum atomic E-state index is 10.7. The maximum Gasteiger partial charge on any atom is 0.359 e. The van der Waals surface area contributed by atoms with E-state index in [0.29, 0.717) is 6.42 Å². The summed E-state index contributed by atoms with van der Waals surface area (Å²) in [5.41, 5.74) is 0. The van der Waals surface area contributed by atoms with Crippen LogP contribution in [0.3, 0.4) is 0 Å². The number of hydrogen-bond acceptors (Lipinski definition) is 3. The zero-order valence-electron chi connectivity index (χ0n) is 6.36. The monoisotopic (exact) mass is 213 g/mol. The van der Waals surface area contributed by atoms with Gasteiger partial charge in [-0.1, -0.05) is 28.7 Å². The van der Waals surface area contributed by atoms with Crippen molar-refractivity contribution in [1.82, 2.24) is 4.72 Å². The highest BCUT2D eigenvalue weighted by Gasteiger charge is 2.15. The van der Waals surface area contributed by atoms with E-state index in [0.717, 1.165) is 0 Å². The third kappa shape index (κ3) is 9.29. The summed E-state index contributed by atoms with van der Waals surface area (Å²) < 4.78 is 29.8. The van der Waals surface area contributed by atoms with Crippen molar-refractivity contribution in [3.8, 4) is 0 Å². The van der Waals surface area contributed by atoms with Crippen LogP contribution in [0.25, 0.3) is 0 Å². The fraction of sp³-hybridized carbons (Fsp3) is 0.857. The summed E-state index contributed by atoms with van der Waals surface area (Å²) in [4.78, 5) is 10.7. The summed E-state index contributed by atoms with van der Waals surface area (Å²) >= 11 is 0. The highest BCUT2D eigenvalue weighted by Crippen LogP contribution is 1.99. The van der Waals surface area contributed by atoms with E-state index in [-0.39, 0.29) is 14.9 Å². The Kier molecular flexibility index (Phi) is 9.60. The van der Waals surface area contributed by atoms with Gasteiger partial charge in [0.1, 0.15) is 0 Å². The van der Waals surface area contributed by atoms with Crippen molar-refractivity contribution >= 4 is 16.2 Å². The van der Waals surface area contributed by atoms with Gasteiger partial charge in [-0.05, 0) is 6.42 Å². The lowest BCUT2D eigenvalue weighted by molar-refractivity contribution is -0.122. The molecule has 0 bridgehead atoms. The highest BCUT2D eigenvalue weighted by molar-refractivity contribution is 7.84. The van der Waals surface area contributed by atoms with Gasteiger partial charge in [0.2, 0.25) is 5.91 Å². The molecule has 1 atom stereocenters. The van der Waals surface area contributed by atoms with Crippen LogP contribution in [0.1, 0.15) is 35.1 Å². The molecule has 0 saturated carbocycles. The van der Waals surface area contributed by atoms with Gasteiger partial charge in [-0.2, -0.15) is 8.42 Å². The second-order valence-electron chi connectivity index (χ2n) is 2.25. The standard InChI is InChI=1S/C5H11NO4S.2CH4/c1-3-4(2)5(7)6-11(8,9)10;;/h4H,3H2,1-2H3,(H,6,7)(H,8,9,10);2*1H4. The Bertz CT molecular complexity index is 235. The van der Waals surface area contributed by atoms with Gasteiger partial charge in [0.05, 0.1) is 0 Å². The summed E-state index contributed by atoms with van der Waals surface area (Å²) in [7, 11) is -4.38. The Morgan fingerprint density at radius 2 is 1.85 bits per heavy atom. The predicted molar refractivity (Wildman–Crippen MR) is 52.6 cm³/mol. The van der Waals surface area contributed by atoms with Gasteiger partial charge in [0.25, 0.3) is 0 Å². The molecule has 0 spiro atoms. The highest BCUT2D eigenvalue weighted by atomic mass is 32.2. The lowest BCUT2D eigenvalue weighted by atomic mass is 10.1. The summed E-state index contributed by atoms with van der Waals surface area (Å²) in [6.45, 7) is 3.31. The molecule has 0 heterocycles. The van der Waals surface area contributed by atoms with E-state index in [1.165, 1.54) is 4.72 Å². The van der Waals surface area contributed by atoms with Crippen LogP contribution < -0.4 is 4.72 Å². The van der Waals surface area contributed by atoms with Crippen LogP contribution >= 0.6 is 0 Å². The lowest BCUT2D eigenvalue weighted by Gasteiger charge is -2.05. The van der Waals surface area contributed by atoms with E-state index in [2.05, 4.69) is 0 Å². The van der Waals surface area contributed by atoms with Crippen molar-refractivity contribution in [2.45, 2.75) is 35.1 Å². The van der Waals surface area contributed by atoms with Crippen LogP contribution in [0.5, 0.6) is 0 Å². The molecular formula is C7H19NO4S. The van der Waals surface area contributed by atoms with Crippen LogP contribution in [-0.4, -0.2) is 18.9 Å². The van der Waals surface area contributed by atoms with Crippen molar-refractivity contribution < 1.29 is 17.8 Å². The first-order valence-corrected chi connectivity index (χ1v) is 4.60. The normalized spacial score (nSPS) is 11.9. The fourth-order valence-corrected chi connectivity index (χ4v) is 0.869. The van der Waals surface area contributed by atoms with Crippen molar-refractivity contribution in [2.24, 2.45) is 5.92 Å². The first-order chi connectivity index (χ1) is 4.87. The second kappa shape index (κ2) is 6.85. The SMILES string of the molecule is C.C.CCC(C)C(=O)NS(=O)(=O)O. The summed E-state index contributed by atoms with van der Waals surface area (Å²) in [6.07, 6.45) is 0.529. The van der Waals surface area contributed by atoms with Gasteiger partial charge in [0.15, 0.2) is 0 Å². The Hall–Kier alpha value is -0.620. The Morgan fingerprint density at radius 1 is 1.46 bits per heavy atom. The fourth-order valence-electron chi connectivity index (χ4n) is 0.413. The number of carbonyl (C=O) groups excluding carboxylic acids is 1. The minimum atomic E-state index is -4.38. The van der Waals surface area contributed by atoms with Crippen LogP contribution in [-0.2, 0) is 15.1 Å². The molecule has 6 heteroatoms. The zero-order chi connectivity index (χ0) is 9.07. The van der Waals surface area contributed by atoms with Gasteiger partial charge in [-0.15, -0.1) is 0 Å². The number of carbonyl (C=O) groups is 1. The largest absolute Gasteiger partial charge is 0.359 e. The van der Waals surface area contributed by atoms with Crippen LogP contribution in [0.4, 0.5) is 0 Å². The van der Waals surface area contributed by atoms with Crippen molar-refractivity contribution in [3.05, 3.63) is 0 Å². The molecule has 0 aliphatic heterocycles. The second-order valence-corrected chi connectivity index (χ2v) is 3.40. The Morgan fingerprint density at radius 3 is 2.08 bits per heavy atom. The summed E-state index contributed by atoms with van der Waals surface area (Å²) in [6, 6.07) is 0. The van der Waals surface area contributed by atoms with E-state index in [9.17, 15) is 13.2 Å². The van der Waals surface area contributed by atoms with E-state index < -0.39 is 22.1 Å². The summed E-state index contributed by atoms with van der Waals surface area (Å²) in [5, 5.41) is 0. The van der Waals surface area contributed by atoms with Gasteiger partial charge in [0, 0.05) is 5.92 Å². The minimum Gasteiger partial charge on any atom is -0.274 e. The molecule has 0 saturated heterocycles. The van der Waals surface area contributed by atoms with Crippen LogP contribution in [0.15, 0.2) is 0 Å². The molecule has 0 aromatic carbocycles. The Balaban J connectivity index is -0.000000500. The quantitative estimate of drug-likeness (QED) is 0.690. The topological polar surface area (TPSA) is 83.5 Å². The van der Waals surface area contributed by atoms with E-state index in [4.69, 9.17) is 4.55 Å². The van der Waals surface area contributed by atoms with Gasteiger partial charge in [-0.3, -0.25) is 9.35 Å². The summed E-state index contributed by atoms with van der Waals surface area (Å²) in [5.74, 6) is -1.09. The molecular weight excluding hydrogens is 194 g/mol. The molecule has 5 nitrogen and oxygen atoms in total. The van der Waals surface area contributed by atoms with Crippen molar-refractivity contribution in [2.75, 3.05) is 0 Å². The first-order valence-electron chi connectivity index (χ1n) is 3.16. The molecule has 0 aromatic rings. The smallest absolute Gasteiger partial charge is 0.274 e. The number of nitrogens with one attached hydrogen (secondary N) is 1. The molecule has 0 fully saturated rings. The number of amides is 1. The van der Waals surface area contributed by atoms with E-state index >= 15 is 0 Å². The van der Waals surface area contributed by atoms with Gasteiger partial charge < -0.3 is 0 Å². The van der Waals surface area contributed by atoms with Crippen LogP contribution in [0.2, 0.25) is 0 Å². The number of rotatable bonds is 3.